The van der Waals surface area contributed by atoms with Crippen LogP contribution in [0.5, 0.6) is 0 Å². The van der Waals surface area contributed by atoms with Gasteiger partial charge in [-0.1, -0.05) is 36.4 Å². The lowest BCUT2D eigenvalue weighted by atomic mass is 10.1. The van der Waals surface area contributed by atoms with Crippen LogP contribution < -0.4 is 16.1 Å². The fraction of sp³-hybridized carbons (Fsp3) is 0.308. The molecule has 4 aromatic rings. The highest BCUT2D eigenvalue weighted by Crippen LogP contribution is 2.19. The molecule has 0 amide bonds. The number of rotatable bonds is 7. The number of anilines is 1. The van der Waals surface area contributed by atoms with E-state index in [0.29, 0.717) is 17.6 Å². The summed E-state index contributed by atoms with van der Waals surface area (Å²) in [5.41, 5.74) is 1.53. The molecule has 8 heteroatoms. The first-order valence-corrected chi connectivity index (χ1v) is 11.8. The molecule has 1 aliphatic rings. The Balaban J connectivity index is 1.25. The van der Waals surface area contributed by atoms with E-state index in [9.17, 15) is 9.59 Å². The van der Waals surface area contributed by atoms with E-state index in [-0.39, 0.29) is 11.2 Å². The van der Waals surface area contributed by atoms with Crippen molar-refractivity contribution >= 4 is 11.5 Å². The van der Waals surface area contributed by atoms with Gasteiger partial charge in [-0.05, 0) is 43.1 Å². The average molecular weight is 457 g/mol. The average Bonchev–Trinajstić information content (AvgIpc) is 2.90. The van der Waals surface area contributed by atoms with Gasteiger partial charge in [0, 0.05) is 51.3 Å². The first kappa shape index (κ1) is 22.0. The molecule has 0 spiro atoms. The molecule has 0 radical (unpaired) electrons. The minimum atomic E-state index is -0.281. The molecule has 1 fully saturated rings. The van der Waals surface area contributed by atoms with Gasteiger partial charge in [0.05, 0.1) is 11.1 Å². The second-order valence-electron chi connectivity index (χ2n) is 8.52. The zero-order valence-corrected chi connectivity index (χ0v) is 19.1. The van der Waals surface area contributed by atoms with E-state index in [1.807, 2.05) is 54.6 Å². The smallest absolute Gasteiger partial charge is 0.335 e. The van der Waals surface area contributed by atoms with Crippen LogP contribution in [-0.4, -0.2) is 56.6 Å². The third-order valence-corrected chi connectivity index (χ3v) is 6.39. The molecule has 0 atom stereocenters. The van der Waals surface area contributed by atoms with Crippen molar-refractivity contribution in [3.05, 3.63) is 94.0 Å². The summed E-state index contributed by atoms with van der Waals surface area (Å²) in [5.74, 6) is 0.785. The normalized spacial score (nSPS) is 14.5. The molecule has 4 heterocycles. The van der Waals surface area contributed by atoms with Crippen molar-refractivity contribution < 1.29 is 0 Å². The molecule has 8 nitrogen and oxygen atoms in total. The van der Waals surface area contributed by atoms with E-state index in [1.165, 1.54) is 4.57 Å². The molecule has 0 unspecified atom stereocenters. The van der Waals surface area contributed by atoms with Crippen LogP contribution >= 0.6 is 0 Å². The summed E-state index contributed by atoms with van der Waals surface area (Å²) in [7, 11) is 0. The molecule has 5 rings (SSSR count). The first-order valence-electron chi connectivity index (χ1n) is 11.8. The molecular weight excluding hydrogens is 428 g/mol. The maximum atomic E-state index is 13.4. The Morgan fingerprint density at radius 3 is 2.24 bits per heavy atom. The van der Waals surface area contributed by atoms with Crippen LogP contribution in [0.3, 0.4) is 0 Å². The maximum absolute atomic E-state index is 13.4. The number of piperazine rings is 1. The molecule has 0 saturated carbocycles. The molecule has 0 N–H and O–H groups in total. The molecule has 0 aliphatic carbocycles. The topological polar surface area (TPSA) is 75.7 Å². The SMILES string of the molecule is O=c1c(-c2ccccc2)c2ccccn2c(=O)n1CCCCN1CCN(c2ncccn2)CC1. The summed E-state index contributed by atoms with van der Waals surface area (Å²) in [5, 5.41) is 0. The Kier molecular flexibility index (Phi) is 6.49. The van der Waals surface area contributed by atoms with Gasteiger partial charge in [0.25, 0.3) is 5.56 Å². The number of unbranched alkanes of at least 4 members (excludes halogenated alkanes) is 1. The van der Waals surface area contributed by atoms with Crippen LogP contribution in [0, 0.1) is 0 Å². The van der Waals surface area contributed by atoms with Gasteiger partial charge < -0.3 is 4.90 Å². The number of fused-ring (bicyclic) bond motifs is 1. The van der Waals surface area contributed by atoms with Crippen LogP contribution in [0.15, 0.2) is 82.8 Å². The number of aromatic nitrogens is 4. The van der Waals surface area contributed by atoms with Crippen molar-refractivity contribution in [2.24, 2.45) is 0 Å². The molecule has 3 aromatic heterocycles. The fourth-order valence-corrected chi connectivity index (χ4v) is 4.58. The van der Waals surface area contributed by atoms with Gasteiger partial charge in [0.2, 0.25) is 5.95 Å². The summed E-state index contributed by atoms with van der Waals surface area (Å²) in [6.45, 7) is 5.06. The van der Waals surface area contributed by atoms with Crippen LogP contribution in [0.1, 0.15) is 12.8 Å². The van der Waals surface area contributed by atoms with Gasteiger partial charge in [-0.15, -0.1) is 0 Å². The Labute approximate surface area is 197 Å². The van der Waals surface area contributed by atoms with Crippen LogP contribution in [0.25, 0.3) is 16.6 Å². The zero-order chi connectivity index (χ0) is 23.3. The number of hydrogen-bond acceptors (Lipinski definition) is 6. The van der Waals surface area contributed by atoms with Crippen molar-refractivity contribution in [1.29, 1.82) is 0 Å². The number of nitrogens with zero attached hydrogens (tertiary/aromatic N) is 6. The molecule has 174 valence electrons. The predicted octanol–water partition coefficient (Wildman–Crippen LogP) is 2.52. The zero-order valence-electron chi connectivity index (χ0n) is 19.1. The Morgan fingerprint density at radius 1 is 0.765 bits per heavy atom. The fourth-order valence-electron chi connectivity index (χ4n) is 4.58. The van der Waals surface area contributed by atoms with E-state index in [4.69, 9.17) is 0 Å². The lowest BCUT2D eigenvalue weighted by Gasteiger charge is -2.34. The summed E-state index contributed by atoms with van der Waals surface area (Å²) in [4.78, 5) is 39.8. The van der Waals surface area contributed by atoms with Crippen molar-refractivity contribution in [1.82, 2.24) is 23.8 Å². The van der Waals surface area contributed by atoms with E-state index >= 15 is 0 Å². The van der Waals surface area contributed by atoms with Crippen LogP contribution in [-0.2, 0) is 6.54 Å². The summed E-state index contributed by atoms with van der Waals surface area (Å²) >= 11 is 0. The summed E-state index contributed by atoms with van der Waals surface area (Å²) < 4.78 is 2.97. The predicted molar refractivity (Wildman–Crippen MR) is 133 cm³/mol. The van der Waals surface area contributed by atoms with Crippen molar-refractivity contribution in [3.63, 3.8) is 0 Å². The summed E-state index contributed by atoms with van der Waals surface area (Å²) in [6, 6.07) is 16.9. The van der Waals surface area contributed by atoms with Gasteiger partial charge in [-0.2, -0.15) is 0 Å². The molecule has 0 bridgehead atoms. The quantitative estimate of drug-likeness (QED) is 0.398. The third-order valence-electron chi connectivity index (χ3n) is 6.39. The minimum Gasteiger partial charge on any atom is -0.338 e. The Hall–Kier alpha value is -3.78. The van der Waals surface area contributed by atoms with Crippen molar-refractivity contribution in [2.75, 3.05) is 37.6 Å². The highest BCUT2D eigenvalue weighted by molar-refractivity contribution is 5.79. The molecule has 1 saturated heterocycles. The van der Waals surface area contributed by atoms with Gasteiger partial charge in [-0.25, -0.2) is 14.8 Å². The summed E-state index contributed by atoms with van der Waals surface area (Å²) in [6.07, 6.45) is 6.97. The highest BCUT2D eigenvalue weighted by atomic mass is 16.2. The third kappa shape index (κ3) is 4.49. The lowest BCUT2D eigenvalue weighted by Crippen LogP contribution is -2.47. The molecule has 34 heavy (non-hydrogen) atoms. The van der Waals surface area contributed by atoms with Gasteiger partial charge in [0.15, 0.2) is 0 Å². The second kappa shape index (κ2) is 10.0. The van der Waals surface area contributed by atoms with E-state index in [2.05, 4.69) is 19.8 Å². The number of benzene rings is 1. The van der Waals surface area contributed by atoms with Crippen molar-refractivity contribution in [2.45, 2.75) is 19.4 Å². The van der Waals surface area contributed by atoms with Crippen LogP contribution in [0.2, 0.25) is 0 Å². The monoisotopic (exact) mass is 456 g/mol. The number of pyridine rings is 1. The maximum Gasteiger partial charge on any atom is 0.335 e. The van der Waals surface area contributed by atoms with E-state index < -0.39 is 0 Å². The minimum absolute atomic E-state index is 0.223. The standard InChI is InChI=1S/C26H28N6O2/c33-24-23(21-9-2-1-3-10-21)22-11-4-5-15-31(22)26(34)32(24)16-7-6-14-29-17-19-30(20-18-29)25-27-12-8-13-28-25/h1-5,8-13,15H,6-7,14,16-20H2. The van der Waals surface area contributed by atoms with Gasteiger partial charge >= 0.3 is 5.69 Å². The van der Waals surface area contributed by atoms with Gasteiger partial charge in [-0.3, -0.25) is 18.7 Å². The largest absolute Gasteiger partial charge is 0.338 e. The van der Waals surface area contributed by atoms with E-state index in [1.54, 1.807) is 23.0 Å². The molecule has 1 aromatic carbocycles. The van der Waals surface area contributed by atoms with E-state index in [0.717, 1.165) is 57.1 Å². The Bertz CT molecular complexity index is 1360. The molecule has 1 aliphatic heterocycles. The highest BCUT2D eigenvalue weighted by Gasteiger charge is 2.19. The van der Waals surface area contributed by atoms with Crippen molar-refractivity contribution in [3.8, 4) is 11.1 Å². The lowest BCUT2D eigenvalue weighted by molar-refractivity contribution is 0.250. The second-order valence-corrected chi connectivity index (χ2v) is 8.52. The van der Waals surface area contributed by atoms with Gasteiger partial charge in [0.1, 0.15) is 0 Å². The Morgan fingerprint density at radius 2 is 1.47 bits per heavy atom. The van der Waals surface area contributed by atoms with Crippen LogP contribution in [0.4, 0.5) is 5.95 Å². The first-order chi connectivity index (χ1) is 16.7. The number of hydrogen-bond donors (Lipinski definition) is 0. The molecular formula is C26H28N6O2.